The van der Waals surface area contributed by atoms with Gasteiger partial charge in [-0.25, -0.2) is 0 Å². The lowest BCUT2D eigenvalue weighted by Crippen LogP contribution is -2.25. The number of aryl methyl sites for hydroxylation is 1. The Kier molecular flexibility index (Phi) is 4.44. The zero-order valence-electron chi connectivity index (χ0n) is 10.6. The van der Waals surface area contributed by atoms with Crippen LogP contribution in [0.1, 0.15) is 54.4 Å². The number of carbonyl (C=O) groups is 1. The Balaban J connectivity index is 2.03. The van der Waals surface area contributed by atoms with Gasteiger partial charge in [-0.05, 0) is 37.3 Å². The first-order valence-electron chi connectivity index (χ1n) is 6.67. The molecule has 2 rings (SSSR count). The van der Waals surface area contributed by atoms with Crippen LogP contribution < -0.4 is 5.73 Å². The highest BCUT2D eigenvalue weighted by Crippen LogP contribution is 2.39. The Morgan fingerprint density at radius 1 is 1.22 bits per heavy atom. The van der Waals surface area contributed by atoms with Gasteiger partial charge in [-0.2, -0.15) is 0 Å². The number of primary amides is 1. The second-order valence-electron chi connectivity index (χ2n) is 5.23. The van der Waals surface area contributed by atoms with Crippen molar-refractivity contribution in [1.29, 1.82) is 0 Å². The van der Waals surface area contributed by atoms with Gasteiger partial charge in [-0.3, -0.25) is 4.79 Å². The van der Waals surface area contributed by atoms with Crippen LogP contribution in [0.2, 0.25) is 0 Å². The molecule has 0 atom stereocenters. The first-order valence-corrected chi connectivity index (χ1v) is 7.47. The summed E-state index contributed by atoms with van der Waals surface area (Å²) in [5, 5.41) is 0. The Labute approximate surface area is 117 Å². The normalized spacial score (nSPS) is 18.5. The number of halogens is 1. The lowest BCUT2D eigenvalue weighted by atomic mass is 9.84. The van der Waals surface area contributed by atoms with Gasteiger partial charge < -0.3 is 5.73 Å². The van der Waals surface area contributed by atoms with Crippen LogP contribution in [0.5, 0.6) is 0 Å². The van der Waals surface area contributed by atoms with Gasteiger partial charge in [-0.15, -0.1) is 0 Å². The second-order valence-corrected chi connectivity index (χ2v) is 6.92. The third kappa shape index (κ3) is 3.35. The minimum Gasteiger partial charge on any atom is -0.366 e. The van der Waals surface area contributed by atoms with E-state index in [1.807, 2.05) is 24.3 Å². The van der Waals surface area contributed by atoms with Crippen molar-refractivity contribution in [2.24, 2.45) is 5.73 Å². The van der Waals surface area contributed by atoms with Gasteiger partial charge in [0.25, 0.3) is 0 Å². The van der Waals surface area contributed by atoms with E-state index in [9.17, 15) is 4.79 Å². The van der Waals surface area contributed by atoms with Gasteiger partial charge in [-0.1, -0.05) is 53.4 Å². The third-order valence-corrected chi connectivity index (χ3v) is 5.06. The van der Waals surface area contributed by atoms with Crippen molar-refractivity contribution in [2.75, 3.05) is 0 Å². The van der Waals surface area contributed by atoms with Gasteiger partial charge in [0.2, 0.25) is 5.91 Å². The topological polar surface area (TPSA) is 43.1 Å². The molecule has 18 heavy (non-hydrogen) atoms. The van der Waals surface area contributed by atoms with Crippen molar-refractivity contribution in [3.8, 4) is 0 Å². The number of benzene rings is 1. The van der Waals surface area contributed by atoms with Gasteiger partial charge in [0, 0.05) is 9.89 Å². The summed E-state index contributed by atoms with van der Waals surface area (Å²) in [6.07, 6.45) is 8.45. The molecule has 1 fully saturated rings. The molecule has 0 bridgehead atoms. The molecule has 2 nitrogen and oxygen atoms in total. The average Bonchev–Trinajstić information content (AvgIpc) is 2.38. The molecule has 0 spiro atoms. The van der Waals surface area contributed by atoms with E-state index in [-0.39, 0.29) is 10.2 Å². The predicted octanol–water partition coefficient (Wildman–Crippen LogP) is 3.82. The second kappa shape index (κ2) is 5.87. The molecule has 1 aliphatic rings. The van der Waals surface area contributed by atoms with Crippen molar-refractivity contribution in [1.82, 2.24) is 0 Å². The van der Waals surface area contributed by atoms with E-state index in [2.05, 4.69) is 15.9 Å². The van der Waals surface area contributed by atoms with Gasteiger partial charge in [0.05, 0.1) is 0 Å². The molecule has 0 aliphatic heterocycles. The van der Waals surface area contributed by atoms with Crippen LogP contribution in [0, 0.1) is 0 Å². The molecule has 3 heteroatoms. The highest BCUT2D eigenvalue weighted by Gasteiger charge is 2.28. The molecular weight excluding hydrogens is 290 g/mol. The molecule has 0 radical (unpaired) electrons. The SMILES string of the molecule is NC(=O)c1ccccc1CCC1(Br)CCCCC1. The summed E-state index contributed by atoms with van der Waals surface area (Å²) in [6, 6.07) is 7.68. The monoisotopic (exact) mass is 309 g/mol. The molecule has 1 aliphatic carbocycles. The Morgan fingerprint density at radius 2 is 1.89 bits per heavy atom. The van der Waals surface area contributed by atoms with Crippen molar-refractivity contribution < 1.29 is 4.79 Å². The Hall–Kier alpha value is -0.830. The van der Waals surface area contributed by atoms with Crippen LogP contribution in [0.3, 0.4) is 0 Å². The van der Waals surface area contributed by atoms with E-state index in [0.717, 1.165) is 18.4 Å². The van der Waals surface area contributed by atoms with Crippen LogP contribution in [0.4, 0.5) is 0 Å². The molecule has 98 valence electrons. The van der Waals surface area contributed by atoms with Crippen molar-refractivity contribution in [3.05, 3.63) is 35.4 Å². The summed E-state index contributed by atoms with van der Waals surface area (Å²) < 4.78 is 0.274. The number of nitrogens with two attached hydrogens (primary N) is 1. The number of alkyl halides is 1. The molecule has 1 amide bonds. The number of amides is 1. The number of carbonyl (C=O) groups excluding carboxylic acids is 1. The Morgan fingerprint density at radius 3 is 2.56 bits per heavy atom. The van der Waals surface area contributed by atoms with Crippen LogP contribution >= 0.6 is 15.9 Å². The highest BCUT2D eigenvalue weighted by molar-refractivity contribution is 9.10. The van der Waals surface area contributed by atoms with E-state index >= 15 is 0 Å². The first-order chi connectivity index (χ1) is 8.61. The average molecular weight is 310 g/mol. The van der Waals surface area contributed by atoms with Crippen molar-refractivity contribution in [3.63, 3.8) is 0 Å². The van der Waals surface area contributed by atoms with E-state index < -0.39 is 0 Å². The lowest BCUT2D eigenvalue weighted by molar-refractivity contribution is 0.0999. The quantitative estimate of drug-likeness (QED) is 0.844. The number of hydrogen-bond acceptors (Lipinski definition) is 1. The fourth-order valence-electron chi connectivity index (χ4n) is 2.77. The molecule has 0 unspecified atom stereocenters. The standard InChI is InChI=1S/C15H20BrNO/c16-15(9-4-1-5-10-15)11-8-12-6-2-3-7-13(12)14(17)18/h2-3,6-7H,1,4-5,8-11H2,(H2,17,18). The van der Waals surface area contributed by atoms with E-state index in [1.54, 1.807) is 0 Å². The number of hydrogen-bond donors (Lipinski definition) is 1. The number of rotatable bonds is 4. The molecule has 1 saturated carbocycles. The van der Waals surface area contributed by atoms with Gasteiger partial charge >= 0.3 is 0 Å². The largest absolute Gasteiger partial charge is 0.366 e. The molecule has 0 heterocycles. The van der Waals surface area contributed by atoms with Crippen LogP contribution in [-0.2, 0) is 6.42 Å². The van der Waals surface area contributed by atoms with Crippen LogP contribution in [0.25, 0.3) is 0 Å². The fraction of sp³-hybridized carbons (Fsp3) is 0.533. The zero-order chi connectivity index (χ0) is 13.0. The maximum atomic E-state index is 11.4. The molecule has 1 aromatic rings. The van der Waals surface area contributed by atoms with E-state index in [4.69, 9.17) is 5.73 Å². The predicted molar refractivity (Wildman–Crippen MR) is 78.0 cm³/mol. The minimum absolute atomic E-state index is 0.274. The van der Waals surface area contributed by atoms with Crippen molar-refractivity contribution >= 4 is 21.8 Å². The van der Waals surface area contributed by atoms with E-state index in [1.165, 1.54) is 32.1 Å². The first kappa shape index (κ1) is 13.6. The summed E-state index contributed by atoms with van der Waals surface area (Å²) in [6.45, 7) is 0. The van der Waals surface area contributed by atoms with Crippen LogP contribution in [0.15, 0.2) is 24.3 Å². The minimum atomic E-state index is -0.321. The Bertz CT molecular complexity index is 424. The van der Waals surface area contributed by atoms with Gasteiger partial charge in [0.1, 0.15) is 0 Å². The maximum absolute atomic E-state index is 11.4. The molecule has 1 aromatic carbocycles. The summed E-state index contributed by atoms with van der Waals surface area (Å²) in [5.41, 5.74) is 7.15. The molecule has 0 aromatic heterocycles. The zero-order valence-corrected chi connectivity index (χ0v) is 12.2. The highest BCUT2D eigenvalue weighted by atomic mass is 79.9. The lowest BCUT2D eigenvalue weighted by Gasteiger charge is -2.31. The smallest absolute Gasteiger partial charge is 0.248 e. The summed E-state index contributed by atoms with van der Waals surface area (Å²) in [5.74, 6) is -0.321. The molecule has 0 saturated heterocycles. The fourth-order valence-corrected chi connectivity index (χ4v) is 3.53. The summed E-state index contributed by atoms with van der Waals surface area (Å²) in [7, 11) is 0. The summed E-state index contributed by atoms with van der Waals surface area (Å²) in [4.78, 5) is 11.4. The molecule has 2 N–H and O–H groups in total. The van der Waals surface area contributed by atoms with Crippen molar-refractivity contribution in [2.45, 2.75) is 49.3 Å². The summed E-state index contributed by atoms with van der Waals surface area (Å²) >= 11 is 3.90. The third-order valence-electron chi connectivity index (χ3n) is 3.87. The van der Waals surface area contributed by atoms with Crippen LogP contribution in [-0.4, -0.2) is 10.2 Å². The maximum Gasteiger partial charge on any atom is 0.248 e. The molecular formula is C15H20BrNO. The van der Waals surface area contributed by atoms with Gasteiger partial charge in [0.15, 0.2) is 0 Å². The van der Waals surface area contributed by atoms with E-state index in [0.29, 0.717) is 5.56 Å².